The number of hydrogen-bond donors (Lipinski definition) is 2. The molecule has 1 aliphatic heterocycles. The van der Waals surface area contributed by atoms with Crippen LogP contribution in [0.5, 0.6) is 5.75 Å². The molecule has 2 N–H and O–H groups in total. The Hall–Kier alpha value is -2.09. The Bertz CT molecular complexity index is 663. The van der Waals surface area contributed by atoms with Crippen LogP contribution >= 0.6 is 15.9 Å². The smallest absolute Gasteiger partial charge is 0.338 e. The maximum atomic E-state index is 13.8. The first-order chi connectivity index (χ1) is 10.9. The summed E-state index contributed by atoms with van der Waals surface area (Å²) < 4.78 is 24.7. The number of halogens is 2. The zero-order chi connectivity index (χ0) is 17.0. The van der Waals surface area contributed by atoms with E-state index in [1.54, 1.807) is 19.9 Å². The van der Waals surface area contributed by atoms with Crippen molar-refractivity contribution < 1.29 is 23.5 Å². The maximum Gasteiger partial charge on any atom is 0.338 e. The van der Waals surface area contributed by atoms with E-state index in [0.717, 1.165) is 0 Å². The van der Waals surface area contributed by atoms with Gasteiger partial charge in [0.1, 0.15) is 6.61 Å². The van der Waals surface area contributed by atoms with Crippen molar-refractivity contribution in [2.45, 2.75) is 19.9 Å². The molecular weight excluding hydrogens is 371 g/mol. The standard InChI is InChI=1S/C15H16BrFN2O4/c1-3-22-14(20)13-8(2)18-15(21)19-11(13)7-23-12-5-4-9(16)6-10(12)17/h4-6,8H,3,7H2,1-2H3,(H2,18,19,21). The van der Waals surface area contributed by atoms with Gasteiger partial charge in [0, 0.05) is 4.47 Å². The first-order valence-corrected chi connectivity index (χ1v) is 7.77. The molecule has 0 aliphatic carbocycles. The molecule has 1 aromatic rings. The van der Waals surface area contributed by atoms with Crippen LogP contribution in [0, 0.1) is 5.82 Å². The summed E-state index contributed by atoms with van der Waals surface area (Å²) in [4.78, 5) is 23.6. The van der Waals surface area contributed by atoms with E-state index in [2.05, 4.69) is 26.6 Å². The number of carbonyl (C=O) groups excluding carboxylic acids is 2. The molecule has 0 spiro atoms. The molecule has 1 unspecified atom stereocenters. The highest BCUT2D eigenvalue weighted by Gasteiger charge is 2.30. The lowest BCUT2D eigenvalue weighted by molar-refractivity contribution is -0.139. The lowest BCUT2D eigenvalue weighted by Gasteiger charge is -2.26. The van der Waals surface area contributed by atoms with Crippen molar-refractivity contribution in [3.05, 3.63) is 39.8 Å². The van der Waals surface area contributed by atoms with Gasteiger partial charge in [0.05, 0.1) is 23.9 Å². The number of rotatable bonds is 5. The normalized spacial score (nSPS) is 17.4. The van der Waals surface area contributed by atoms with Gasteiger partial charge in [-0.05, 0) is 32.0 Å². The molecule has 0 saturated carbocycles. The molecule has 1 aromatic carbocycles. The molecule has 124 valence electrons. The molecule has 1 heterocycles. The van der Waals surface area contributed by atoms with E-state index in [4.69, 9.17) is 9.47 Å². The van der Waals surface area contributed by atoms with Crippen LogP contribution in [-0.4, -0.2) is 31.3 Å². The number of nitrogens with one attached hydrogen (secondary N) is 2. The van der Waals surface area contributed by atoms with Crippen molar-refractivity contribution in [2.24, 2.45) is 0 Å². The van der Waals surface area contributed by atoms with Gasteiger partial charge in [-0.15, -0.1) is 0 Å². The van der Waals surface area contributed by atoms with Crippen molar-refractivity contribution >= 4 is 27.9 Å². The Morgan fingerprint density at radius 3 is 2.83 bits per heavy atom. The number of carbonyl (C=O) groups is 2. The van der Waals surface area contributed by atoms with Crippen LogP contribution in [0.25, 0.3) is 0 Å². The zero-order valence-electron chi connectivity index (χ0n) is 12.6. The van der Waals surface area contributed by atoms with Crippen LogP contribution in [0.2, 0.25) is 0 Å². The second kappa shape index (κ2) is 7.45. The van der Waals surface area contributed by atoms with Gasteiger partial charge in [-0.1, -0.05) is 15.9 Å². The van der Waals surface area contributed by atoms with E-state index in [9.17, 15) is 14.0 Å². The molecule has 0 radical (unpaired) electrons. The average molecular weight is 387 g/mol. The lowest BCUT2D eigenvalue weighted by atomic mass is 10.0. The second-order valence-electron chi connectivity index (χ2n) is 4.80. The summed E-state index contributed by atoms with van der Waals surface area (Å²) in [5.74, 6) is -1.09. The summed E-state index contributed by atoms with van der Waals surface area (Å²) in [6, 6.07) is 3.36. The molecule has 6 nitrogen and oxygen atoms in total. The van der Waals surface area contributed by atoms with Crippen molar-refractivity contribution in [3.63, 3.8) is 0 Å². The van der Waals surface area contributed by atoms with E-state index >= 15 is 0 Å². The van der Waals surface area contributed by atoms with Gasteiger partial charge in [-0.3, -0.25) is 0 Å². The molecular formula is C15H16BrFN2O4. The topological polar surface area (TPSA) is 76.7 Å². The van der Waals surface area contributed by atoms with E-state index in [1.165, 1.54) is 12.1 Å². The summed E-state index contributed by atoms with van der Waals surface area (Å²) in [6.07, 6.45) is 0. The Morgan fingerprint density at radius 1 is 1.43 bits per heavy atom. The van der Waals surface area contributed by atoms with Crippen LogP contribution in [0.4, 0.5) is 9.18 Å². The molecule has 23 heavy (non-hydrogen) atoms. The molecule has 0 bridgehead atoms. The predicted octanol–water partition coefficient (Wildman–Crippen LogP) is 2.49. The van der Waals surface area contributed by atoms with Gasteiger partial charge >= 0.3 is 12.0 Å². The highest BCUT2D eigenvalue weighted by Crippen LogP contribution is 2.23. The monoisotopic (exact) mass is 386 g/mol. The van der Waals surface area contributed by atoms with E-state index in [1.807, 2.05) is 0 Å². The van der Waals surface area contributed by atoms with E-state index < -0.39 is 23.9 Å². The molecule has 8 heteroatoms. The SMILES string of the molecule is CCOC(=O)C1=C(COc2ccc(Br)cc2F)NC(=O)NC1C. The Kier molecular flexibility index (Phi) is 5.59. The molecule has 0 fully saturated rings. The fourth-order valence-corrected chi connectivity index (χ4v) is 2.47. The summed E-state index contributed by atoms with van der Waals surface area (Å²) in [6.45, 7) is 3.39. The highest BCUT2D eigenvalue weighted by atomic mass is 79.9. The lowest BCUT2D eigenvalue weighted by Crippen LogP contribution is -2.50. The third-order valence-corrected chi connectivity index (χ3v) is 3.62. The Labute approximate surface area is 141 Å². The average Bonchev–Trinajstić information content (AvgIpc) is 2.45. The minimum absolute atomic E-state index is 0.0179. The third-order valence-electron chi connectivity index (χ3n) is 3.13. The number of amides is 2. The Balaban J connectivity index is 2.23. The van der Waals surface area contributed by atoms with Gasteiger partial charge in [-0.25, -0.2) is 14.0 Å². The van der Waals surface area contributed by atoms with Gasteiger partial charge in [0.15, 0.2) is 11.6 Å². The van der Waals surface area contributed by atoms with Crippen molar-refractivity contribution in [1.82, 2.24) is 10.6 Å². The first-order valence-electron chi connectivity index (χ1n) is 6.98. The van der Waals surface area contributed by atoms with E-state index in [0.29, 0.717) is 4.47 Å². The minimum atomic E-state index is -0.553. The van der Waals surface area contributed by atoms with Gasteiger partial charge in [0.2, 0.25) is 0 Å². The maximum absolute atomic E-state index is 13.8. The molecule has 1 aliphatic rings. The quantitative estimate of drug-likeness (QED) is 0.762. The second-order valence-corrected chi connectivity index (χ2v) is 5.71. The van der Waals surface area contributed by atoms with Gasteiger partial charge in [0.25, 0.3) is 0 Å². The molecule has 0 saturated heterocycles. The molecule has 2 rings (SSSR count). The van der Waals surface area contributed by atoms with Crippen LogP contribution in [0.3, 0.4) is 0 Å². The fourth-order valence-electron chi connectivity index (χ4n) is 2.14. The first kappa shape index (κ1) is 17.3. The van der Waals surface area contributed by atoms with Crippen molar-refractivity contribution in [1.29, 1.82) is 0 Å². The van der Waals surface area contributed by atoms with Crippen molar-refractivity contribution in [3.8, 4) is 5.75 Å². The predicted molar refractivity (Wildman–Crippen MR) is 84.4 cm³/mol. The third kappa shape index (κ3) is 4.22. The minimum Gasteiger partial charge on any atom is -0.484 e. The fraction of sp³-hybridized carbons (Fsp3) is 0.333. The number of urea groups is 1. The molecule has 0 aromatic heterocycles. The van der Waals surface area contributed by atoms with Crippen LogP contribution in [0.15, 0.2) is 33.9 Å². The largest absolute Gasteiger partial charge is 0.484 e. The number of hydrogen-bond acceptors (Lipinski definition) is 4. The van der Waals surface area contributed by atoms with Crippen LogP contribution < -0.4 is 15.4 Å². The number of ether oxygens (including phenoxy) is 2. The van der Waals surface area contributed by atoms with Gasteiger partial charge in [-0.2, -0.15) is 0 Å². The Morgan fingerprint density at radius 2 is 2.17 bits per heavy atom. The summed E-state index contributed by atoms with van der Waals surface area (Å²) in [7, 11) is 0. The van der Waals surface area contributed by atoms with Crippen LogP contribution in [0.1, 0.15) is 13.8 Å². The van der Waals surface area contributed by atoms with Crippen molar-refractivity contribution in [2.75, 3.05) is 13.2 Å². The number of esters is 1. The van der Waals surface area contributed by atoms with Gasteiger partial charge < -0.3 is 20.1 Å². The van der Waals surface area contributed by atoms with E-state index in [-0.39, 0.29) is 30.2 Å². The summed E-state index contributed by atoms with van der Waals surface area (Å²) >= 11 is 3.15. The molecule has 2 amide bonds. The summed E-state index contributed by atoms with van der Waals surface area (Å²) in [5, 5.41) is 5.08. The molecule has 1 atom stereocenters. The number of benzene rings is 1. The summed E-state index contributed by atoms with van der Waals surface area (Å²) in [5.41, 5.74) is 0.506. The zero-order valence-corrected chi connectivity index (χ0v) is 14.2. The van der Waals surface area contributed by atoms with Crippen LogP contribution in [-0.2, 0) is 9.53 Å². The highest BCUT2D eigenvalue weighted by molar-refractivity contribution is 9.10.